The van der Waals surface area contributed by atoms with Crippen LogP contribution in [0.4, 0.5) is 0 Å². The molecule has 3 amide bonds. The third kappa shape index (κ3) is 24.2. The van der Waals surface area contributed by atoms with E-state index in [0.717, 1.165) is 0 Å². The Bertz CT molecular complexity index is 1110. The Kier molecular flexibility index (Phi) is 24.9. The number of carbonyl (C=O) groups excluding carboxylic acids is 5. The third-order valence-corrected chi connectivity index (χ3v) is 7.00. The summed E-state index contributed by atoms with van der Waals surface area (Å²) in [4.78, 5) is 60.8. The molecule has 15 heteroatoms. The molecule has 15 nitrogen and oxygen atoms in total. The quantitative estimate of drug-likeness (QED) is 0.0813. The van der Waals surface area contributed by atoms with Gasteiger partial charge in [0.2, 0.25) is 0 Å². The number of ketones is 2. The van der Waals surface area contributed by atoms with Gasteiger partial charge in [-0.3, -0.25) is 24.0 Å². The van der Waals surface area contributed by atoms with E-state index in [1.807, 2.05) is 41.5 Å². The summed E-state index contributed by atoms with van der Waals surface area (Å²) in [5, 5.41) is 11.4. The Morgan fingerprint density at radius 3 is 1.37 bits per heavy atom. The molecule has 1 aromatic rings. The smallest absolute Gasteiger partial charge is 0.258 e. The van der Waals surface area contributed by atoms with Crippen LogP contribution in [0, 0.1) is 11.8 Å². The number of Topliss-reactive ketones (excluding diaryl/α,β-unsaturated/α-hetero) is 2. The van der Waals surface area contributed by atoms with E-state index in [2.05, 4.69) is 21.3 Å². The maximum atomic E-state index is 12.9. The van der Waals surface area contributed by atoms with Gasteiger partial charge in [0, 0.05) is 68.5 Å². The fraction of sp³-hybridized carbons (Fsp3) is 0.694. The first-order chi connectivity index (χ1) is 24.4. The van der Waals surface area contributed by atoms with E-state index < -0.39 is 11.8 Å². The van der Waals surface area contributed by atoms with Crippen LogP contribution in [0.5, 0.6) is 11.5 Å². The van der Waals surface area contributed by atoms with Crippen molar-refractivity contribution >= 4 is 29.3 Å². The number of benzene rings is 1. The highest BCUT2D eigenvalue weighted by molar-refractivity contribution is 5.95. The van der Waals surface area contributed by atoms with Crippen molar-refractivity contribution in [1.82, 2.24) is 21.3 Å². The van der Waals surface area contributed by atoms with Crippen molar-refractivity contribution in [3.05, 3.63) is 23.8 Å². The standard InChI is InChI=1S/C36H60N4O11/c1-26(2)32(41)7-13-46-17-19-48-15-11-38-34(43)24-50-30-21-29(36(45)40-10-9-37-28(5)6)22-31(23-30)51-25-35(44)39-12-16-49-20-18-47-14-8-33(42)27(3)4/h21-23,26-28,37H,7-20,24-25H2,1-6H3,(H,38,43)(H,39,44)(H,40,45). The molecule has 0 unspecified atom stereocenters. The Hall–Kier alpha value is -3.63. The zero-order valence-corrected chi connectivity index (χ0v) is 31.3. The van der Waals surface area contributed by atoms with E-state index in [4.69, 9.17) is 28.4 Å². The van der Waals surface area contributed by atoms with Crippen molar-refractivity contribution in [2.75, 3.05) is 92.2 Å². The third-order valence-electron chi connectivity index (χ3n) is 7.00. The van der Waals surface area contributed by atoms with Gasteiger partial charge in [-0.2, -0.15) is 0 Å². The summed E-state index contributed by atoms with van der Waals surface area (Å²) >= 11 is 0. The number of hydrogen-bond acceptors (Lipinski definition) is 12. The zero-order chi connectivity index (χ0) is 37.9. The molecule has 0 aliphatic heterocycles. The summed E-state index contributed by atoms with van der Waals surface area (Å²) in [6.07, 6.45) is 0.748. The molecule has 0 aliphatic carbocycles. The van der Waals surface area contributed by atoms with E-state index >= 15 is 0 Å². The number of hydrogen-bond donors (Lipinski definition) is 4. The van der Waals surface area contributed by atoms with Crippen LogP contribution >= 0.6 is 0 Å². The average Bonchev–Trinajstić information content (AvgIpc) is 3.09. The lowest BCUT2D eigenvalue weighted by molar-refractivity contribution is -0.124. The van der Waals surface area contributed by atoms with Crippen LogP contribution in [0.2, 0.25) is 0 Å². The molecule has 1 rings (SSSR count). The highest BCUT2D eigenvalue weighted by atomic mass is 16.5. The maximum absolute atomic E-state index is 12.9. The van der Waals surface area contributed by atoms with Crippen molar-refractivity contribution in [2.45, 2.75) is 60.4 Å². The van der Waals surface area contributed by atoms with Gasteiger partial charge in [-0.25, -0.2) is 0 Å². The summed E-state index contributed by atoms with van der Waals surface area (Å²) in [5.41, 5.74) is 0.237. The monoisotopic (exact) mass is 724 g/mol. The molecule has 0 spiro atoms. The number of rotatable bonds is 31. The van der Waals surface area contributed by atoms with Crippen LogP contribution in [0.25, 0.3) is 0 Å². The first-order valence-electron chi connectivity index (χ1n) is 17.7. The second-order valence-corrected chi connectivity index (χ2v) is 12.5. The fourth-order valence-corrected chi connectivity index (χ4v) is 4.00. The molecule has 0 fully saturated rings. The first-order valence-corrected chi connectivity index (χ1v) is 17.7. The molecule has 4 N–H and O–H groups in total. The molecule has 0 radical (unpaired) electrons. The second kappa shape index (κ2) is 28.0. The largest absolute Gasteiger partial charge is 0.484 e. The summed E-state index contributed by atoms with van der Waals surface area (Å²) in [6.45, 7) is 14.9. The van der Waals surface area contributed by atoms with E-state index in [0.29, 0.717) is 65.6 Å². The molecule has 290 valence electrons. The summed E-state index contributed by atoms with van der Waals surface area (Å²) in [6, 6.07) is 4.75. The van der Waals surface area contributed by atoms with Gasteiger partial charge in [-0.15, -0.1) is 0 Å². The van der Waals surface area contributed by atoms with Crippen LogP contribution in [-0.4, -0.2) is 128 Å². The van der Waals surface area contributed by atoms with Gasteiger partial charge < -0.3 is 49.7 Å². The van der Waals surface area contributed by atoms with Gasteiger partial charge in [0.15, 0.2) is 13.2 Å². The van der Waals surface area contributed by atoms with E-state index in [9.17, 15) is 24.0 Å². The summed E-state index contributed by atoms with van der Waals surface area (Å²) < 4.78 is 33.0. The minimum absolute atomic E-state index is 0.00760. The van der Waals surface area contributed by atoms with Crippen molar-refractivity contribution in [2.24, 2.45) is 11.8 Å². The lowest BCUT2D eigenvalue weighted by atomic mass is 10.1. The summed E-state index contributed by atoms with van der Waals surface area (Å²) in [5.74, 6) is -0.445. The van der Waals surface area contributed by atoms with Gasteiger partial charge in [-0.1, -0.05) is 41.5 Å². The predicted molar refractivity (Wildman–Crippen MR) is 191 cm³/mol. The molecule has 0 atom stereocenters. The Labute approximate surface area is 302 Å². The van der Waals surface area contributed by atoms with Gasteiger partial charge in [0.05, 0.1) is 52.9 Å². The number of carbonyl (C=O) groups is 5. The Balaban J connectivity index is 2.49. The number of amides is 3. The highest BCUT2D eigenvalue weighted by Gasteiger charge is 2.13. The molecule has 0 saturated carbocycles. The Morgan fingerprint density at radius 1 is 0.529 bits per heavy atom. The van der Waals surface area contributed by atoms with E-state index in [1.54, 1.807) is 0 Å². The minimum Gasteiger partial charge on any atom is -0.484 e. The van der Waals surface area contributed by atoms with Gasteiger partial charge in [0.25, 0.3) is 17.7 Å². The van der Waals surface area contributed by atoms with Crippen molar-refractivity contribution < 1.29 is 52.4 Å². The number of nitrogens with one attached hydrogen (secondary N) is 4. The number of ether oxygens (including phenoxy) is 6. The molecule has 0 saturated heterocycles. The molecule has 1 aromatic carbocycles. The van der Waals surface area contributed by atoms with Crippen LogP contribution in [-0.2, 0) is 38.1 Å². The molecule has 51 heavy (non-hydrogen) atoms. The van der Waals surface area contributed by atoms with Gasteiger partial charge >= 0.3 is 0 Å². The van der Waals surface area contributed by atoms with E-state index in [-0.39, 0.29) is 91.9 Å². The molecule has 0 aliphatic rings. The fourth-order valence-electron chi connectivity index (χ4n) is 4.00. The molecule has 0 bridgehead atoms. The van der Waals surface area contributed by atoms with Crippen LogP contribution in [0.15, 0.2) is 18.2 Å². The van der Waals surface area contributed by atoms with Gasteiger partial charge in [-0.05, 0) is 12.1 Å². The van der Waals surface area contributed by atoms with Crippen molar-refractivity contribution in [3.63, 3.8) is 0 Å². The van der Waals surface area contributed by atoms with Crippen LogP contribution in [0.1, 0.15) is 64.7 Å². The van der Waals surface area contributed by atoms with Crippen LogP contribution in [0.3, 0.4) is 0 Å². The predicted octanol–water partition coefficient (Wildman–Crippen LogP) is 1.70. The second-order valence-electron chi connectivity index (χ2n) is 12.5. The Morgan fingerprint density at radius 2 is 0.961 bits per heavy atom. The van der Waals surface area contributed by atoms with Crippen LogP contribution < -0.4 is 30.7 Å². The minimum atomic E-state index is -0.395. The summed E-state index contributed by atoms with van der Waals surface area (Å²) in [7, 11) is 0. The maximum Gasteiger partial charge on any atom is 0.258 e. The normalized spacial score (nSPS) is 11.2. The van der Waals surface area contributed by atoms with Crippen molar-refractivity contribution in [3.8, 4) is 11.5 Å². The molecule has 0 heterocycles. The molecular formula is C36H60N4O11. The highest BCUT2D eigenvalue weighted by Crippen LogP contribution is 2.23. The topological polar surface area (TPSA) is 189 Å². The SMILES string of the molecule is CC(C)NCCNC(=O)c1cc(OCC(=O)NCCOCCOCCC(=O)C(C)C)cc(OCC(=O)NCCOCCOCCC(=O)C(C)C)c1. The van der Waals surface area contributed by atoms with Crippen molar-refractivity contribution in [1.29, 1.82) is 0 Å². The lowest BCUT2D eigenvalue weighted by Gasteiger charge is -2.14. The van der Waals surface area contributed by atoms with E-state index in [1.165, 1.54) is 18.2 Å². The first kappa shape index (κ1) is 45.4. The lowest BCUT2D eigenvalue weighted by Crippen LogP contribution is -2.34. The van der Waals surface area contributed by atoms with Gasteiger partial charge in [0.1, 0.15) is 23.1 Å². The molecule has 0 aromatic heterocycles. The zero-order valence-electron chi connectivity index (χ0n) is 31.3. The molecular weight excluding hydrogens is 664 g/mol. The average molecular weight is 725 g/mol.